The lowest BCUT2D eigenvalue weighted by molar-refractivity contribution is -0.122. The van der Waals surface area contributed by atoms with E-state index in [1.807, 2.05) is 0 Å². The van der Waals surface area contributed by atoms with Crippen molar-refractivity contribution >= 4 is 21.8 Å². The summed E-state index contributed by atoms with van der Waals surface area (Å²) in [6.45, 7) is -0.119. The third-order valence-electron chi connectivity index (χ3n) is 1.48. The number of ether oxygens (including phenoxy) is 1. The van der Waals surface area contributed by atoms with Gasteiger partial charge < -0.3 is 10.1 Å². The molecule has 1 aromatic rings. The van der Waals surface area contributed by atoms with Crippen molar-refractivity contribution < 1.29 is 13.9 Å². The second kappa shape index (κ2) is 4.95. The van der Waals surface area contributed by atoms with Crippen molar-refractivity contribution in [3.05, 3.63) is 28.5 Å². The zero-order valence-corrected chi connectivity index (χ0v) is 9.10. The molecule has 1 aromatic carbocycles. The Morgan fingerprint density at radius 2 is 2.29 bits per heavy atom. The van der Waals surface area contributed by atoms with Gasteiger partial charge in [0.05, 0.1) is 0 Å². The van der Waals surface area contributed by atoms with E-state index in [9.17, 15) is 9.18 Å². The molecule has 1 N–H and O–H groups in total. The molecule has 0 fully saturated rings. The van der Waals surface area contributed by atoms with Crippen molar-refractivity contribution in [2.75, 3.05) is 13.7 Å². The van der Waals surface area contributed by atoms with Crippen LogP contribution in [0.3, 0.4) is 0 Å². The van der Waals surface area contributed by atoms with Gasteiger partial charge in [0.2, 0.25) is 0 Å². The molecular weight excluding hydrogens is 253 g/mol. The molecular formula is C9H9BrFNO2. The molecule has 0 aromatic heterocycles. The van der Waals surface area contributed by atoms with E-state index in [-0.39, 0.29) is 12.5 Å². The number of halogens is 2. The summed E-state index contributed by atoms with van der Waals surface area (Å²) in [5.41, 5.74) is 0. The van der Waals surface area contributed by atoms with E-state index < -0.39 is 5.82 Å². The minimum Gasteiger partial charge on any atom is -0.484 e. The van der Waals surface area contributed by atoms with Gasteiger partial charge in [-0.1, -0.05) is 15.9 Å². The lowest BCUT2D eigenvalue weighted by Crippen LogP contribution is -2.24. The summed E-state index contributed by atoms with van der Waals surface area (Å²) in [7, 11) is 1.51. The van der Waals surface area contributed by atoms with Crippen molar-refractivity contribution in [2.45, 2.75) is 0 Å². The van der Waals surface area contributed by atoms with Gasteiger partial charge in [-0.2, -0.15) is 0 Å². The Kier molecular flexibility index (Phi) is 3.88. The van der Waals surface area contributed by atoms with Crippen LogP contribution in [0.2, 0.25) is 0 Å². The maximum absolute atomic E-state index is 12.8. The summed E-state index contributed by atoms with van der Waals surface area (Å²) in [5.74, 6) is -0.350. The first-order valence-electron chi connectivity index (χ1n) is 3.91. The molecule has 76 valence electrons. The van der Waals surface area contributed by atoms with E-state index in [0.29, 0.717) is 10.2 Å². The fourth-order valence-corrected chi connectivity index (χ4v) is 1.28. The molecule has 3 nitrogen and oxygen atoms in total. The van der Waals surface area contributed by atoms with Crippen LogP contribution in [-0.4, -0.2) is 19.6 Å². The van der Waals surface area contributed by atoms with Crippen LogP contribution >= 0.6 is 15.9 Å². The minimum absolute atomic E-state index is 0.119. The van der Waals surface area contributed by atoms with Crippen molar-refractivity contribution in [1.29, 1.82) is 0 Å². The second-order valence-corrected chi connectivity index (χ2v) is 3.48. The van der Waals surface area contributed by atoms with E-state index in [1.165, 1.54) is 19.2 Å². The number of hydrogen-bond donors (Lipinski definition) is 1. The number of likely N-dealkylation sites (N-methyl/N-ethyl adjacent to an activating group) is 1. The van der Waals surface area contributed by atoms with E-state index >= 15 is 0 Å². The molecule has 0 heterocycles. The molecule has 0 saturated carbocycles. The molecule has 0 bridgehead atoms. The first-order chi connectivity index (χ1) is 6.61. The van der Waals surface area contributed by atoms with Crippen molar-refractivity contribution in [3.63, 3.8) is 0 Å². The normalized spacial score (nSPS) is 9.64. The predicted octanol–water partition coefficient (Wildman–Crippen LogP) is 1.71. The first kappa shape index (κ1) is 11.0. The van der Waals surface area contributed by atoms with Crippen LogP contribution in [0.5, 0.6) is 5.75 Å². The highest BCUT2D eigenvalue weighted by molar-refractivity contribution is 9.10. The molecule has 14 heavy (non-hydrogen) atoms. The SMILES string of the molecule is CNC(=O)COc1cc(F)cc(Br)c1. The molecule has 0 saturated heterocycles. The first-order valence-corrected chi connectivity index (χ1v) is 4.70. The van der Waals surface area contributed by atoms with Gasteiger partial charge in [0.25, 0.3) is 5.91 Å². The van der Waals surface area contributed by atoms with Crippen LogP contribution in [0.15, 0.2) is 22.7 Å². The molecule has 0 aliphatic rings. The number of amides is 1. The fraction of sp³-hybridized carbons (Fsp3) is 0.222. The Balaban J connectivity index is 2.63. The Bertz CT molecular complexity index is 323. The van der Waals surface area contributed by atoms with Crippen LogP contribution in [0.25, 0.3) is 0 Å². The molecule has 0 atom stereocenters. The predicted molar refractivity (Wildman–Crippen MR) is 53.7 cm³/mol. The van der Waals surface area contributed by atoms with Crippen LogP contribution in [0, 0.1) is 5.82 Å². The van der Waals surface area contributed by atoms with E-state index in [4.69, 9.17) is 4.74 Å². The average Bonchev–Trinajstić information content (AvgIpc) is 2.12. The highest BCUT2D eigenvalue weighted by Crippen LogP contribution is 2.20. The Hall–Kier alpha value is -1.10. The van der Waals surface area contributed by atoms with Gasteiger partial charge in [0, 0.05) is 17.6 Å². The highest BCUT2D eigenvalue weighted by Gasteiger charge is 2.02. The number of carbonyl (C=O) groups excluding carboxylic acids is 1. The summed E-state index contributed by atoms with van der Waals surface area (Å²) in [4.78, 5) is 10.8. The fourth-order valence-electron chi connectivity index (χ4n) is 0.833. The Morgan fingerprint density at radius 1 is 1.57 bits per heavy atom. The number of hydrogen-bond acceptors (Lipinski definition) is 2. The van der Waals surface area contributed by atoms with Gasteiger partial charge in [0.15, 0.2) is 6.61 Å². The third-order valence-corrected chi connectivity index (χ3v) is 1.94. The summed E-state index contributed by atoms with van der Waals surface area (Å²) < 4.78 is 18.4. The molecule has 0 aliphatic heterocycles. The molecule has 0 unspecified atom stereocenters. The third kappa shape index (κ3) is 3.33. The smallest absolute Gasteiger partial charge is 0.257 e. The monoisotopic (exact) mass is 261 g/mol. The van der Waals surface area contributed by atoms with Crippen molar-refractivity contribution in [1.82, 2.24) is 5.32 Å². The number of benzene rings is 1. The molecule has 5 heteroatoms. The zero-order chi connectivity index (χ0) is 10.6. The lowest BCUT2D eigenvalue weighted by atomic mass is 10.3. The van der Waals surface area contributed by atoms with Gasteiger partial charge >= 0.3 is 0 Å². The van der Waals surface area contributed by atoms with Crippen LogP contribution in [0.1, 0.15) is 0 Å². The summed E-state index contributed by atoms with van der Waals surface area (Å²) >= 11 is 3.12. The molecule has 1 amide bonds. The topological polar surface area (TPSA) is 38.3 Å². The summed E-state index contributed by atoms with van der Waals surface area (Å²) in [5, 5.41) is 2.40. The van der Waals surface area contributed by atoms with Crippen LogP contribution < -0.4 is 10.1 Å². The Morgan fingerprint density at radius 3 is 2.86 bits per heavy atom. The zero-order valence-electron chi connectivity index (χ0n) is 7.51. The van der Waals surface area contributed by atoms with E-state index in [0.717, 1.165) is 0 Å². The van der Waals surface area contributed by atoms with Crippen molar-refractivity contribution in [3.8, 4) is 5.75 Å². The minimum atomic E-state index is -0.411. The molecule has 0 aliphatic carbocycles. The van der Waals surface area contributed by atoms with E-state index in [2.05, 4.69) is 21.2 Å². The molecule has 0 radical (unpaired) electrons. The Labute approximate surface area is 89.4 Å². The standard InChI is InChI=1S/C9H9BrFNO2/c1-12-9(13)5-14-8-3-6(10)2-7(11)4-8/h2-4H,5H2,1H3,(H,12,13). The second-order valence-electron chi connectivity index (χ2n) is 2.57. The van der Waals surface area contributed by atoms with Gasteiger partial charge in [-0.25, -0.2) is 4.39 Å². The van der Waals surface area contributed by atoms with Crippen LogP contribution in [0.4, 0.5) is 4.39 Å². The van der Waals surface area contributed by atoms with Gasteiger partial charge in [-0.3, -0.25) is 4.79 Å². The van der Waals surface area contributed by atoms with Gasteiger partial charge in [-0.05, 0) is 12.1 Å². The largest absolute Gasteiger partial charge is 0.484 e. The average molecular weight is 262 g/mol. The highest BCUT2D eigenvalue weighted by atomic mass is 79.9. The summed E-state index contributed by atoms with van der Waals surface area (Å²) in [6, 6.07) is 4.12. The maximum atomic E-state index is 12.8. The number of nitrogens with one attached hydrogen (secondary N) is 1. The quantitative estimate of drug-likeness (QED) is 0.900. The van der Waals surface area contributed by atoms with E-state index in [1.54, 1.807) is 6.07 Å². The maximum Gasteiger partial charge on any atom is 0.257 e. The van der Waals surface area contributed by atoms with Gasteiger partial charge in [0.1, 0.15) is 11.6 Å². The van der Waals surface area contributed by atoms with Crippen molar-refractivity contribution in [2.24, 2.45) is 0 Å². The number of carbonyl (C=O) groups is 1. The lowest BCUT2D eigenvalue weighted by Gasteiger charge is -2.05. The van der Waals surface area contributed by atoms with Crippen LogP contribution in [-0.2, 0) is 4.79 Å². The summed E-state index contributed by atoms with van der Waals surface area (Å²) in [6.07, 6.45) is 0. The van der Waals surface area contributed by atoms with Gasteiger partial charge in [-0.15, -0.1) is 0 Å². The molecule has 1 rings (SSSR count). The number of rotatable bonds is 3. The molecule has 0 spiro atoms.